The van der Waals surface area contributed by atoms with Gasteiger partial charge < -0.3 is 9.52 Å². The van der Waals surface area contributed by atoms with Gasteiger partial charge in [0.05, 0.1) is 11.4 Å². The molecule has 1 aliphatic rings. The lowest BCUT2D eigenvalue weighted by molar-refractivity contribution is 0.0911. The minimum atomic E-state index is -0.655. The number of aryl methyl sites for hydroxylation is 1. The molecule has 0 bridgehead atoms. The Morgan fingerprint density at radius 1 is 1.07 bits per heavy atom. The van der Waals surface area contributed by atoms with Gasteiger partial charge in [-0.3, -0.25) is 9.78 Å². The van der Waals surface area contributed by atoms with Crippen LogP contribution in [0.1, 0.15) is 42.1 Å². The highest BCUT2D eigenvalue weighted by atomic mass is 79.9. The van der Waals surface area contributed by atoms with E-state index < -0.39 is 5.63 Å². The maximum Gasteiger partial charge on any atom is 0.349 e. The Balaban J connectivity index is 2.03. The van der Waals surface area contributed by atoms with Gasteiger partial charge >= 0.3 is 5.63 Å². The molecule has 0 radical (unpaired) electrons. The predicted molar refractivity (Wildman–Crippen MR) is 114 cm³/mol. The summed E-state index contributed by atoms with van der Waals surface area (Å²) in [6.07, 6.45) is 1.03. The molecule has 0 atom stereocenters. The number of pyridine rings is 1. The fourth-order valence-corrected chi connectivity index (χ4v) is 4.16. The molecule has 2 heterocycles. The number of carbonyl (C=O) groups is 1. The van der Waals surface area contributed by atoms with Crippen LogP contribution in [0.5, 0.6) is 5.75 Å². The van der Waals surface area contributed by atoms with Crippen molar-refractivity contribution in [2.24, 2.45) is 5.41 Å². The highest BCUT2D eigenvalue weighted by molar-refractivity contribution is 9.10. The first kappa shape index (κ1) is 19.6. The molecule has 0 unspecified atom stereocenters. The molecular formula is C23H20BrNO4. The smallest absolute Gasteiger partial charge is 0.349 e. The highest BCUT2D eigenvalue weighted by Gasteiger charge is 2.34. The maximum absolute atomic E-state index is 13.0. The van der Waals surface area contributed by atoms with Crippen LogP contribution in [-0.4, -0.2) is 15.9 Å². The fourth-order valence-electron chi connectivity index (χ4n) is 3.89. The first-order valence-electron chi connectivity index (χ1n) is 9.32. The van der Waals surface area contributed by atoms with E-state index in [1.54, 1.807) is 13.0 Å². The normalized spacial score (nSPS) is 15.2. The lowest BCUT2D eigenvalue weighted by Gasteiger charge is -2.31. The predicted octanol–water partition coefficient (Wildman–Crippen LogP) is 5.30. The molecule has 0 saturated carbocycles. The van der Waals surface area contributed by atoms with E-state index in [4.69, 9.17) is 4.42 Å². The Bertz CT molecular complexity index is 1190. The summed E-state index contributed by atoms with van der Waals surface area (Å²) >= 11 is 3.43. The molecule has 0 aliphatic heterocycles. The molecule has 0 spiro atoms. The second-order valence-electron chi connectivity index (χ2n) is 8.23. The molecule has 29 heavy (non-hydrogen) atoms. The summed E-state index contributed by atoms with van der Waals surface area (Å²) in [5.41, 5.74) is 2.21. The molecule has 1 aliphatic carbocycles. The number of hydrogen-bond acceptors (Lipinski definition) is 5. The van der Waals surface area contributed by atoms with Gasteiger partial charge in [0, 0.05) is 22.5 Å². The summed E-state index contributed by atoms with van der Waals surface area (Å²) in [6.45, 7) is 5.65. The number of benzene rings is 1. The van der Waals surface area contributed by atoms with Crippen LogP contribution in [0.4, 0.5) is 0 Å². The van der Waals surface area contributed by atoms with Gasteiger partial charge in [-0.25, -0.2) is 4.79 Å². The zero-order valence-corrected chi connectivity index (χ0v) is 18.0. The second kappa shape index (κ2) is 6.95. The second-order valence-corrected chi connectivity index (χ2v) is 9.15. The number of Topliss-reactive ketones (excluding diaryl/α,β-unsaturated/α-hetero) is 1. The van der Waals surface area contributed by atoms with E-state index >= 15 is 0 Å². The highest BCUT2D eigenvalue weighted by Crippen LogP contribution is 2.40. The molecular weight excluding hydrogens is 434 g/mol. The van der Waals surface area contributed by atoms with Crippen LogP contribution in [0.25, 0.3) is 22.4 Å². The number of aromatic hydroxyl groups is 1. The Labute approximate surface area is 176 Å². The van der Waals surface area contributed by atoms with Crippen molar-refractivity contribution in [1.29, 1.82) is 0 Å². The first-order chi connectivity index (χ1) is 13.6. The zero-order valence-electron chi connectivity index (χ0n) is 16.4. The van der Waals surface area contributed by atoms with E-state index in [9.17, 15) is 14.7 Å². The zero-order chi connectivity index (χ0) is 20.9. The standard InChI is InChI=1S/C23H20BrNO4/c1-12-8-18(26)21(22(28)29-12)16-9-15(13-4-6-14(24)7-5-13)20-17(25-16)10-23(2,3)11-19(20)27/h4-9,26H,10-11H2,1-3H3. The number of ketones is 1. The Hall–Kier alpha value is -2.73. The van der Waals surface area contributed by atoms with Crippen LogP contribution in [0.2, 0.25) is 0 Å². The SMILES string of the molecule is Cc1cc(O)c(-c2cc(-c3ccc(Br)cc3)c3c(n2)CC(C)(C)CC3=O)c(=O)o1. The van der Waals surface area contributed by atoms with Gasteiger partial charge in [-0.05, 0) is 48.1 Å². The van der Waals surface area contributed by atoms with E-state index in [0.29, 0.717) is 41.1 Å². The third kappa shape index (κ3) is 3.65. The third-order valence-corrected chi connectivity index (χ3v) is 5.65. The maximum atomic E-state index is 13.0. The monoisotopic (exact) mass is 453 g/mol. The number of aromatic nitrogens is 1. The topological polar surface area (TPSA) is 80.4 Å². The van der Waals surface area contributed by atoms with Crippen molar-refractivity contribution in [3.05, 3.63) is 68.3 Å². The Kier molecular flexibility index (Phi) is 4.69. The van der Waals surface area contributed by atoms with Crippen molar-refractivity contribution < 1.29 is 14.3 Å². The summed E-state index contributed by atoms with van der Waals surface area (Å²) in [5.74, 6) is 0.168. The molecule has 1 aromatic carbocycles. The van der Waals surface area contributed by atoms with Crippen LogP contribution in [-0.2, 0) is 6.42 Å². The van der Waals surface area contributed by atoms with Crippen molar-refractivity contribution in [3.8, 4) is 28.1 Å². The van der Waals surface area contributed by atoms with Gasteiger partial charge in [0.2, 0.25) is 0 Å². The van der Waals surface area contributed by atoms with Gasteiger partial charge in [0.15, 0.2) is 5.78 Å². The number of carbonyl (C=O) groups excluding carboxylic acids is 1. The van der Waals surface area contributed by atoms with Gasteiger partial charge in [-0.15, -0.1) is 0 Å². The quantitative estimate of drug-likeness (QED) is 0.569. The lowest BCUT2D eigenvalue weighted by Crippen LogP contribution is -2.28. The number of nitrogens with zero attached hydrogens (tertiary/aromatic N) is 1. The summed E-state index contributed by atoms with van der Waals surface area (Å²) in [4.78, 5) is 30.1. The van der Waals surface area contributed by atoms with E-state index in [0.717, 1.165) is 10.0 Å². The van der Waals surface area contributed by atoms with Gasteiger partial charge in [-0.1, -0.05) is 41.9 Å². The van der Waals surface area contributed by atoms with Crippen LogP contribution >= 0.6 is 15.9 Å². The fraction of sp³-hybridized carbons (Fsp3) is 0.261. The Morgan fingerprint density at radius 3 is 2.41 bits per heavy atom. The first-order valence-corrected chi connectivity index (χ1v) is 10.1. The summed E-state index contributed by atoms with van der Waals surface area (Å²) in [6, 6.07) is 10.7. The van der Waals surface area contributed by atoms with Crippen LogP contribution in [0.15, 0.2) is 50.1 Å². The summed E-state index contributed by atoms with van der Waals surface area (Å²) in [5, 5.41) is 10.4. The van der Waals surface area contributed by atoms with Gasteiger partial charge in [-0.2, -0.15) is 0 Å². The van der Waals surface area contributed by atoms with Gasteiger partial charge in [0.25, 0.3) is 0 Å². The van der Waals surface area contributed by atoms with Crippen molar-refractivity contribution in [3.63, 3.8) is 0 Å². The average molecular weight is 454 g/mol. The Morgan fingerprint density at radius 2 is 1.76 bits per heavy atom. The summed E-state index contributed by atoms with van der Waals surface area (Å²) in [7, 11) is 0. The van der Waals surface area contributed by atoms with Crippen molar-refractivity contribution >= 4 is 21.7 Å². The molecule has 3 aromatic rings. The van der Waals surface area contributed by atoms with E-state index in [1.807, 2.05) is 38.1 Å². The molecule has 4 rings (SSSR count). The van der Waals surface area contributed by atoms with Crippen LogP contribution in [0, 0.1) is 12.3 Å². The molecule has 6 heteroatoms. The third-order valence-electron chi connectivity index (χ3n) is 5.12. The molecule has 0 saturated heterocycles. The largest absolute Gasteiger partial charge is 0.507 e. The number of rotatable bonds is 2. The molecule has 0 amide bonds. The molecule has 2 aromatic heterocycles. The van der Waals surface area contributed by atoms with Crippen molar-refractivity contribution in [2.75, 3.05) is 0 Å². The molecule has 5 nitrogen and oxygen atoms in total. The van der Waals surface area contributed by atoms with Crippen molar-refractivity contribution in [1.82, 2.24) is 4.98 Å². The molecule has 0 fully saturated rings. The van der Waals surface area contributed by atoms with E-state index in [1.165, 1.54) is 6.07 Å². The number of hydrogen-bond donors (Lipinski definition) is 1. The average Bonchev–Trinajstić information content (AvgIpc) is 2.59. The number of halogens is 1. The minimum absolute atomic E-state index is 0.00703. The molecule has 148 valence electrons. The summed E-state index contributed by atoms with van der Waals surface area (Å²) < 4.78 is 6.11. The van der Waals surface area contributed by atoms with Crippen LogP contribution in [0.3, 0.4) is 0 Å². The molecule has 1 N–H and O–H groups in total. The van der Waals surface area contributed by atoms with E-state index in [-0.39, 0.29) is 22.5 Å². The van der Waals surface area contributed by atoms with E-state index in [2.05, 4.69) is 20.9 Å². The number of fused-ring (bicyclic) bond motifs is 1. The van der Waals surface area contributed by atoms with Gasteiger partial charge in [0.1, 0.15) is 17.1 Å². The minimum Gasteiger partial charge on any atom is -0.507 e. The lowest BCUT2D eigenvalue weighted by atomic mass is 9.74. The van der Waals surface area contributed by atoms with Crippen molar-refractivity contribution in [2.45, 2.75) is 33.6 Å². The van der Waals surface area contributed by atoms with Crippen LogP contribution < -0.4 is 5.63 Å².